The number of carbonyl (C=O) groups excluding carboxylic acids is 1. The highest BCUT2D eigenvalue weighted by molar-refractivity contribution is 6.99. The van der Waals surface area contributed by atoms with Gasteiger partial charge in [-0.05, 0) is 0 Å². The first-order valence-corrected chi connectivity index (χ1v) is 6.40. The molecule has 0 bridgehead atoms. The van der Waals surface area contributed by atoms with Crippen LogP contribution in [-0.2, 0) is 12.0 Å². The second-order valence-electron chi connectivity index (χ2n) is 5.11. The van der Waals surface area contributed by atoms with E-state index in [1.54, 1.807) is 11.1 Å². The molecule has 18 heavy (non-hydrogen) atoms. The van der Waals surface area contributed by atoms with Crippen LogP contribution in [0, 0.1) is 0 Å². The predicted molar refractivity (Wildman–Crippen MR) is 66.3 cm³/mol. The Morgan fingerprint density at radius 2 is 2.33 bits per heavy atom. The summed E-state index contributed by atoms with van der Waals surface area (Å²) in [6.07, 6.45) is 3.31. The van der Waals surface area contributed by atoms with Crippen molar-refractivity contribution in [1.82, 2.24) is 23.8 Å². The van der Waals surface area contributed by atoms with Crippen molar-refractivity contribution >= 4 is 17.6 Å². The van der Waals surface area contributed by atoms with E-state index in [1.165, 1.54) is 6.20 Å². The first-order chi connectivity index (χ1) is 8.58. The molecule has 6 nitrogen and oxygen atoms in total. The van der Waals surface area contributed by atoms with Crippen molar-refractivity contribution in [2.45, 2.75) is 25.8 Å². The summed E-state index contributed by atoms with van der Waals surface area (Å²) < 4.78 is 7.87. The lowest BCUT2D eigenvalue weighted by atomic mass is 9.83. The number of carbonyl (C=O) groups is 1. The van der Waals surface area contributed by atoms with Crippen LogP contribution >= 0.6 is 11.7 Å². The maximum Gasteiger partial charge on any atom is 0.275 e. The maximum atomic E-state index is 12.3. The average Bonchev–Trinajstić information content (AvgIpc) is 2.97. The van der Waals surface area contributed by atoms with E-state index < -0.39 is 0 Å². The molecule has 0 unspecified atom stereocenters. The zero-order chi connectivity index (χ0) is 12.8. The van der Waals surface area contributed by atoms with Gasteiger partial charge < -0.3 is 4.90 Å². The average molecular weight is 263 g/mol. The van der Waals surface area contributed by atoms with Gasteiger partial charge in [0.05, 0.1) is 24.1 Å². The van der Waals surface area contributed by atoms with Crippen LogP contribution in [0.5, 0.6) is 0 Å². The Bertz CT molecular complexity index is 574. The van der Waals surface area contributed by atoms with Gasteiger partial charge in [-0.1, -0.05) is 13.8 Å². The molecule has 0 saturated heterocycles. The third-order valence-electron chi connectivity index (χ3n) is 3.21. The van der Waals surface area contributed by atoms with Gasteiger partial charge in [-0.25, -0.2) is 0 Å². The Kier molecular flexibility index (Phi) is 2.44. The molecule has 0 saturated carbocycles. The Balaban J connectivity index is 1.92. The molecule has 0 aliphatic carbocycles. The van der Waals surface area contributed by atoms with Crippen LogP contribution in [0.2, 0.25) is 0 Å². The lowest BCUT2D eigenvalue weighted by molar-refractivity contribution is 0.0679. The van der Waals surface area contributed by atoms with E-state index in [2.05, 4.69) is 32.8 Å². The molecule has 0 aromatic carbocycles. The second kappa shape index (κ2) is 3.88. The van der Waals surface area contributed by atoms with E-state index in [1.807, 2.05) is 0 Å². The number of hydrogen-bond donors (Lipinski definition) is 1. The van der Waals surface area contributed by atoms with Crippen molar-refractivity contribution in [3.8, 4) is 0 Å². The van der Waals surface area contributed by atoms with E-state index in [0.717, 1.165) is 23.0 Å². The van der Waals surface area contributed by atoms with Gasteiger partial charge in [-0.3, -0.25) is 9.89 Å². The van der Waals surface area contributed by atoms with Crippen LogP contribution in [0.25, 0.3) is 0 Å². The highest BCUT2D eigenvalue weighted by atomic mass is 32.1. The molecular weight excluding hydrogens is 250 g/mol. The van der Waals surface area contributed by atoms with Crippen molar-refractivity contribution in [3.05, 3.63) is 29.3 Å². The maximum absolute atomic E-state index is 12.3. The first-order valence-electron chi connectivity index (χ1n) is 5.67. The molecule has 0 atom stereocenters. The van der Waals surface area contributed by atoms with Crippen LogP contribution in [0.1, 0.15) is 35.6 Å². The number of rotatable bonds is 1. The standard InChI is InChI=1S/C11H13N5OS/c1-11(2)6-16(5-7-3-12-14-9(7)11)10(17)8-4-13-18-15-8/h3-4H,5-6H2,1-2H3,(H,12,14). The van der Waals surface area contributed by atoms with Crippen LogP contribution in [0.3, 0.4) is 0 Å². The van der Waals surface area contributed by atoms with Crippen LogP contribution in [0.4, 0.5) is 0 Å². The fraction of sp³-hybridized carbons (Fsp3) is 0.455. The van der Waals surface area contributed by atoms with Crippen LogP contribution in [0.15, 0.2) is 12.4 Å². The lowest BCUT2D eigenvalue weighted by Gasteiger charge is -2.37. The smallest absolute Gasteiger partial charge is 0.275 e. The largest absolute Gasteiger partial charge is 0.332 e. The molecule has 1 aliphatic heterocycles. The zero-order valence-corrected chi connectivity index (χ0v) is 11.0. The van der Waals surface area contributed by atoms with E-state index in [4.69, 9.17) is 0 Å². The number of H-pyrrole nitrogens is 1. The first kappa shape index (κ1) is 11.3. The minimum atomic E-state index is -0.122. The molecule has 3 rings (SSSR count). The Labute approximate surface area is 108 Å². The predicted octanol–water partition coefficient (Wildman–Crippen LogP) is 1.19. The van der Waals surface area contributed by atoms with Crippen LogP contribution < -0.4 is 0 Å². The van der Waals surface area contributed by atoms with Crippen molar-refractivity contribution in [3.63, 3.8) is 0 Å². The fourth-order valence-electron chi connectivity index (χ4n) is 2.40. The van der Waals surface area contributed by atoms with Gasteiger partial charge in [-0.2, -0.15) is 13.8 Å². The molecule has 3 heterocycles. The summed E-state index contributed by atoms with van der Waals surface area (Å²) in [5.74, 6) is -0.0660. The van der Waals surface area contributed by atoms with E-state index >= 15 is 0 Å². The number of hydrogen-bond acceptors (Lipinski definition) is 5. The molecule has 1 aliphatic rings. The van der Waals surface area contributed by atoms with Crippen molar-refractivity contribution in [1.29, 1.82) is 0 Å². The minimum Gasteiger partial charge on any atom is -0.332 e. The Morgan fingerprint density at radius 1 is 1.50 bits per heavy atom. The summed E-state index contributed by atoms with van der Waals surface area (Å²) >= 11 is 1.05. The molecule has 2 aromatic rings. The molecule has 1 N–H and O–H groups in total. The van der Waals surface area contributed by atoms with Gasteiger partial charge in [0, 0.05) is 29.8 Å². The highest BCUT2D eigenvalue weighted by Gasteiger charge is 2.36. The third-order valence-corrected chi connectivity index (χ3v) is 3.69. The molecule has 2 aromatic heterocycles. The van der Waals surface area contributed by atoms with Crippen molar-refractivity contribution in [2.24, 2.45) is 0 Å². The quantitative estimate of drug-likeness (QED) is 0.838. The summed E-state index contributed by atoms with van der Waals surface area (Å²) in [7, 11) is 0. The number of fused-ring (bicyclic) bond motifs is 1. The summed E-state index contributed by atoms with van der Waals surface area (Å²) in [5, 5.41) is 7.10. The topological polar surface area (TPSA) is 74.8 Å². The third kappa shape index (κ3) is 1.71. The number of aromatic nitrogens is 4. The van der Waals surface area contributed by atoms with Gasteiger partial charge >= 0.3 is 0 Å². The van der Waals surface area contributed by atoms with Crippen LogP contribution in [-0.4, -0.2) is 36.3 Å². The monoisotopic (exact) mass is 263 g/mol. The fourth-order valence-corrected chi connectivity index (χ4v) is 2.81. The Hall–Kier alpha value is -1.76. The molecule has 1 amide bonds. The van der Waals surface area contributed by atoms with Gasteiger partial charge in [0.2, 0.25) is 0 Å². The van der Waals surface area contributed by atoms with Gasteiger partial charge in [0.1, 0.15) is 0 Å². The number of nitrogens with one attached hydrogen (secondary N) is 1. The SMILES string of the molecule is CC1(C)CN(C(=O)c2cnsn2)Cc2cn[nH]c21. The number of aromatic amines is 1. The molecule has 7 heteroatoms. The van der Waals surface area contributed by atoms with Crippen molar-refractivity contribution in [2.75, 3.05) is 6.54 Å². The lowest BCUT2D eigenvalue weighted by Crippen LogP contribution is -2.45. The highest BCUT2D eigenvalue weighted by Crippen LogP contribution is 2.31. The summed E-state index contributed by atoms with van der Waals surface area (Å²) in [6.45, 7) is 5.43. The van der Waals surface area contributed by atoms with E-state index in [0.29, 0.717) is 18.8 Å². The molecule has 0 radical (unpaired) electrons. The number of nitrogens with zero attached hydrogens (tertiary/aromatic N) is 4. The number of amides is 1. The summed E-state index contributed by atoms with van der Waals surface area (Å²) in [6, 6.07) is 0. The second-order valence-corrected chi connectivity index (χ2v) is 5.66. The van der Waals surface area contributed by atoms with Gasteiger partial charge in [0.25, 0.3) is 5.91 Å². The normalized spacial score (nSPS) is 17.6. The van der Waals surface area contributed by atoms with Gasteiger partial charge in [-0.15, -0.1) is 0 Å². The van der Waals surface area contributed by atoms with Gasteiger partial charge in [0.15, 0.2) is 5.69 Å². The Morgan fingerprint density at radius 3 is 3.06 bits per heavy atom. The minimum absolute atomic E-state index is 0.0660. The molecular formula is C11H13N5OS. The zero-order valence-electron chi connectivity index (χ0n) is 10.2. The van der Waals surface area contributed by atoms with E-state index in [9.17, 15) is 4.79 Å². The summed E-state index contributed by atoms with van der Waals surface area (Å²) in [4.78, 5) is 14.1. The van der Waals surface area contributed by atoms with Crippen molar-refractivity contribution < 1.29 is 4.79 Å². The summed E-state index contributed by atoms with van der Waals surface area (Å²) in [5.41, 5.74) is 2.48. The molecule has 94 valence electrons. The van der Waals surface area contributed by atoms with E-state index in [-0.39, 0.29) is 11.3 Å². The molecule has 0 spiro atoms. The molecule has 0 fully saturated rings.